The zero-order valence-corrected chi connectivity index (χ0v) is 20.5. The van der Waals surface area contributed by atoms with E-state index in [2.05, 4.69) is 9.72 Å². The van der Waals surface area contributed by atoms with Gasteiger partial charge in [-0.1, -0.05) is 36.2 Å². The summed E-state index contributed by atoms with van der Waals surface area (Å²) in [5.74, 6) is -3.70. The van der Waals surface area contributed by atoms with Crippen LogP contribution >= 0.6 is 23.2 Å². The van der Waals surface area contributed by atoms with Gasteiger partial charge in [0, 0.05) is 29.3 Å². The number of rotatable bonds is 6. The summed E-state index contributed by atoms with van der Waals surface area (Å²) < 4.78 is 66.8. The molecule has 6 nitrogen and oxygen atoms in total. The molecule has 1 aromatic heterocycles. The summed E-state index contributed by atoms with van der Waals surface area (Å²) in [7, 11) is 1.09. The minimum atomic E-state index is -5.17. The number of esters is 1. The number of ether oxygens (including phenoxy) is 2. The van der Waals surface area contributed by atoms with Crippen molar-refractivity contribution in [3.8, 4) is 11.5 Å². The predicted molar refractivity (Wildman–Crippen MR) is 124 cm³/mol. The zero-order valence-electron chi connectivity index (χ0n) is 19.0. The number of hydrogen-bond acceptors (Lipinski definition) is 5. The first-order valence-corrected chi connectivity index (χ1v) is 11.0. The zero-order chi connectivity index (χ0) is 27.0. The maximum Gasteiger partial charge on any atom is 0.422 e. The van der Waals surface area contributed by atoms with Gasteiger partial charge in [-0.3, -0.25) is 4.79 Å². The van der Waals surface area contributed by atoms with Gasteiger partial charge in [0.2, 0.25) is 0 Å². The van der Waals surface area contributed by atoms with Crippen molar-refractivity contribution in [1.82, 2.24) is 4.98 Å². The van der Waals surface area contributed by atoms with E-state index in [1.54, 1.807) is 0 Å². The Morgan fingerprint density at radius 1 is 1.11 bits per heavy atom. The first-order chi connectivity index (χ1) is 16.7. The molecule has 0 aliphatic carbocycles. The number of carbonyl (C=O) groups is 1. The van der Waals surface area contributed by atoms with E-state index in [1.165, 1.54) is 25.1 Å². The Balaban J connectivity index is 2.02. The molecule has 3 aromatic rings. The molecule has 2 aromatic carbocycles. The number of methoxy groups -OCH3 is 1. The van der Waals surface area contributed by atoms with Gasteiger partial charge < -0.3 is 19.6 Å². The highest BCUT2D eigenvalue weighted by Gasteiger charge is 2.59. The Kier molecular flexibility index (Phi) is 7.73. The molecule has 192 valence electrons. The van der Waals surface area contributed by atoms with Gasteiger partial charge in [0.15, 0.2) is 5.60 Å². The number of aromatic amines is 1. The molecule has 2 unspecified atom stereocenters. The van der Waals surface area contributed by atoms with E-state index in [1.807, 2.05) is 0 Å². The van der Waals surface area contributed by atoms with Gasteiger partial charge >= 0.3 is 12.1 Å². The number of aryl methyl sites for hydroxylation is 1. The van der Waals surface area contributed by atoms with E-state index < -0.39 is 40.6 Å². The van der Waals surface area contributed by atoms with Gasteiger partial charge in [-0.15, -0.1) is 0 Å². The summed E-state index contributed by atoms with van der Waals surface area (Å²) in [6, 6.07) is 6.62. The van der Waals surface area contributed by atoms with Crippen LogP contribution in [0.2, 0.25) is 10.0 Å². The lowest BCUT2D eigenvalue weighted by Gasteiger charge is -2.37. The average Bonchev–Trinajstić information content (AvgIpc) is 2.82. The Hall–Kier alpha value is -3.08. The second-order valence-electron chi connectivity index (χ2n) is 7.90. The highest BCUT2D eigenvalue weighted by molar-refractivity contribution is 6.43. The fourth-order valence-corrected chi connectivity index (χ4v) is 4.15. The van der Waals surface area contributed by atoms with E-state index in [9.17, 15) is 32.3 Å². The number of pyridine rings is 1. The Bertz CT molecular complexity index is 1380. The molecular formula is C24H19Cl2F4NO5. The van der Waals surface area contributed by atoms with E-state index in [0.29, 0.717) is 0 Å². The van der Waals surface area contributed by atoms with Crippen LogP contribution in [0.15, 0.2) is 47.4 Å². The molecule has 0 saturated carbocycles. The third kappa shape index (κ3) is 4.93. The Morgan fingerprint density at radius 2 is 1.78 bits per heavy atom. The molecule has 36 heavy (non-hydrogen) atoms. The third-order valence-corrected chi connectivity index (χ3v) is 6.58. The van der Waals surface area contributed by atoms with Crippen LogP contribution in [0.5, 0.6) is 11.5 Å². The van der Waals surface area contributed by atoms with Crippen LogP contribution in [0.1, 0.15) is 39.9 Å². The molecule has 0 fully saturated rings. The van der Waals surface area contributed by atoms with Gasteiger partial charge in [-0.2, -0.15) is 13.2 Å². The number of aromatic nitrogens is 1. The second-order valence-corrected chi connectivity index (χ2v) is 8.66. The number of halogens is 6. The highest BCUT2D eigenvalue weighted by atomic mass is 35.5. The minimum Gasteiger partial charge on any atom is -0.465 e. The average molecular weight is 548 g/mol. The number of alkyl halides is 3. The van der Waals surface area contributed by atoms with Gasteiger partial charge in [0.1, 0.15) is 22.3 Å². The molecule has 1 heterocycles. The van der Waals surface area contributed by atoms with Crippen LogP contribution in [0.4, 0.5) is 17.6 Å². The summed E-state index contributed by atoms with van der Waals surface area (Å²) in [6.45, 7) is 2.41. The molecule has 2 N–H and O–H groups in total. The summed E-state index contributed by atoms with van der Waals surface area (Å²) >= 11 is 12.6. The summed E-state index contributed by atoms with van der Waals surface area (Å²) in [4.78, 5) is 25.4. The van der Waals surface area contributed by atoms with Gasteiger partial charge in [-0.25, -0.2) is 9.18 Å². The first kappa shape index (κ1) is 27.5. The molecule has 2 atom stereocenters. The first-order valence-electron chi connectivity index (χ1n) is 10.2. The molecule has 12 heteroatoms. The number of aliphatic hydroxyl groups is 1. The van der Waals surface area contributed by atoms with Crippen LogP contribution in [0, 0.1) is 12.7 Å². The monoisotopic (exact) mass is 547 g/mol. The van der Waals surface area contributed by atoms with Crippen LogP contribution in [-0.4, -0.2) is 29.3 Å². The summed E-state index contributed by atoms with van der Waals surface area (Å²) in [5, 5.41) is 10.3. The highest BCUT2D eigenvalue weighted by Crippen LogP contribution is 2.51. The van der Waals surface area contributed by atoms with Gasteiger partial charge in [-0.05, 0) is 36.8 Å². The standard InChI is InChI=1S/C24H19Cl2F4NO5/c1-11-8-13(10-31-21(11)32)23(34,24(28,29)30)12(2)15-6-7-18(20(26)19(15)25)36-14-4-5-16(17(27)9-14)22(33)35-3/h4-10,12,34H,1-3H3,(H,31,32). The van der Waals surface area contributed by atoms with Crippen LogP contribution in [0.25, 0.3) is 0 Å². The van der Waals surface area contributed by atoms with Crippen molar-refractivity contribution in [2.45, 2.75) is 31.5 Å². The molecule has 0 radical (unpaired) electrons. The normalized spacial score (nSPS) is 14.2. The number of benzene rings is 2. The predicted octanol–water partition coefficient (Wildman–Crippen LogP) is 6.26. The fraction of sp³-hybridized carbons (Fsp3) is 0.250. The Labute approximate surface area is 212 Å². The van der Waals surface area contributed by atoms with Crippen molar-refractivity contribution < 1.29 is 36.9 Å². The summed E-state index contributed by atoms with van der Waals surface area (Å²) in [5.41, 5.74) is -5.15. The van der Waals surface area contributed by atoms with Crippen molar-refractivity contribution in [1.29, 1.82) is 0 Å². The van der Waals surface area contributed by atoms with E-state index in [4.69, 9.17) is 27.9 Å². The van der Waals surface area contributed by atoms with Crippen molar-refractivity contribution in [2.24, 2.45) is 0 Å². The molecule has 0 amide bonds. The molecule has 0 bridgehead atoms. The maximum absolute atomic E-state index is 14.2. The number of nitrogens with one attached hydrogen (secondary N) is 1. The smallest absolute Gasteiger partial charge is 0.422 e. The number of carbonyl (C=O) groups excluding carboxylic acids is 1. The second kappa shape index (κ2) is 10.1. The fourth-order valence-electron chi connectivity index (χ4n) is 3.62. The van der Waals surface area contributed by atoms with E-state index in [0.717, 1.165) is 38.4 Å². The van der Waals surface area contributed by atoms with Crippen LogP contribution in [0.3, 0.4) is 0 Å². The summed E-state index contributed by atoms with van der Waals surface area (Å²) in [6.07, 6.45) is -4.38. The lowest BCUT2D eigenvalue weighted by Crippen LogP contribution is -2.47. The van der Waals surface area contributed by atoms with Crippen LogP contribution < -0.4 is 10.3 Å². The maximum atomic E-state index is 14.2. The van der Waals surface area contributed by atoms with Crippen molar-refractivity contribution in [2.75, 3.05) is 7.11 Å². The topological polar surface area (TPSA) is 88.6 Å². The van der Waals surface area contributed by atoms with Crippen molar-refractivity contribution in [3.05, 3.63) is 91.1 Å². The molecule has 0 aliphatic heterocycles. The molecule has 3 rings (SSSR count). The molecular weight excluding hydrogens is 529 g/mol. The third-order valence-electron chi connectivity index (χ3n) is 5.70. The molecule has 0 spiro atoms. The molecule has 0 saturated heterocycles. The lowest BCUT2D eigenvalue weighted by atomic mass is 9.78. The van der Waals surface area contributed by atoms with Crippen LogP contribution in [-0.2, 0) is 10.3 Å². The SMILES string of the molecule is COC(=O)c1ccc(Oc2ccc(C(C)C(O)(c3c[nH]c(=O)c(C)c3)C(F)(F)F)c(Cl)c2Cl)cc1F. The van der Waals surface area contributed by atoms with Gasteiger partial charge in [0.05, 0.1) is 17.7 Å². The number of hydrogen-bond donors (Lipinski definition) is 2. The quantitative estimate of drug-likeness (QED) is 0.281. The minimum absolute atomic E-state index is 0.0271. The van der Waals surface area contributed by atoms with E-state index >= 15 is 0 Å². The van der Waals surface area contributed by atoms with Gasteiger partial charge in [0.25, 0.3) is 5.56 Å². The number of H-pyrrole nitrogens is 1. The lowest BCUT2D eigenvalue weighted by molar-refractivity contribution is -0.274. The Morgan fingerprint density at radius 3 is 2.33 bits per heavy atom. The largest absolute Gasteiger partial charge is 0.465 e. The van der Waals surface area contributed by atoms with Crippen molar-refractivity contribution in [3.63, 3.8) is 0 Å². The molecule has 0 aliphatic rings. The van der Waals surface area contributed by atoms with Crippen molar-refractivity contribution >= 4 is 29.2 Å². The van der Waals surface area contributed by atoms with E-state index in [-0.39, 0.29) is 38.2 Å².